The fraction of sp³-hybridized carbons (Fsp3) is 0.267. The van der Waals surface area contributed by atoms with Crippen molar-refractivity contribution >= 4 is 21.8 Å². The third-order valence-electron chi connectivity index (χ3n) is 3.38. The Balaban J connectivity index is 1.78. The first-order valence-corrected chi connectivity index (χ1v) is 9.26. The predicted molar refractivity (Wildman–Crippen MR) is 83.7 cm³/mol. The van der Waals surface area contributed by atoms with Crippen LogP contribution < -0.4 is 4.72 Å². The Morgan fingerprint density at radius 1 is 1.29 bits per heavy atom. The monoisotopic (exact) mass is 320 g/mol. The van der Waals surface area contributed by atoms with E-state index in [0.29, 0.717) is 4.90 Å². The van der Waals surface area contributed by atoms with Gasteiger partial charge in [-0.15, -0.1) is 11.8 Å². The first kappa shape index (κ1) is 14.6. The van der Waals surface area contributed by atoms with Gasteiger partial charge in [0.15, 0.2) is 0 Å². The van der Waals surface area contributed by atoms with Gasteiger partial charge >= 0.3 is 0 Å². The molecular formula is C15H16N2O2S2. The summed E-state index contributed by atoms with van der Waals surface area (Å²) in [6, 6.07) is 9.03. The summed E-state index contributed by atoms with van der Waals surface area (Å²) in [7, 11) is -3.48. The number of pyridine rings is 1. The quantitative estimate of drug-likeness (QED) is 0.941. The Kier molecular flexibility index (Phi) is 4.28. The molecule has 3 rings (SSSR count). The van der Waals surface area contributed by atoms with Crippen LogP contribution in [0.4, 0.5) is 0 Å². The number of nitrogens with zero attached hydrogens (tertiary/aromatic N) is 1. The highest BCUT2D eigenvalue weighted by Gasteiger charge is 2.17. The summed E-state index contributed by atoms with van der Waals surface area (Å²) in [5, 5.41) is 0. The van der Waals surface area contributed by atoms with Gasteiger partial charge in [-0.3, -0.25) is 4.98 Å². The zero-order valence-corrected chi connectivity index (χ0v) is 13.1. The Hall–Kier alpha value is -1.37. The molecule has 1 aliphatic heterocycles. The second-order valence-electron chi connectivity index (χ2n) is 4.91. The molecule has 0 unspecified atom stereocenters. The number of aryl methyl sites for hydroxylation is 1. The zero-order chi connectivity index (χ0) is 14.7. The van der Waals surface area contributed by atoms with Crippen molar-refractivity contribution < 1.29 is 8.42 Å². The van der Waals surface area contributed by atoms with Crippen molar-refractivity contribution in [2.75, 3.05) is 5.75 Å². The first-order chi connectivity index (χ1) is 10.1. The van der Waals surface area contributed by atoms with Crippen molar-refractivity contribution in [3.63, 3.8) is 0 Å². The average Bonchev–Trinajstić information content (AvgIpc) is 2.53. The van der Waals surface area contributed by atoms with Crippen LogP contribution in [0.2, 0.25) is 0 Å². The number of thioether (sulfide) groups is 1. The molecule has 1 aromatic carbocycles. The number of hydrogen-bond donors (Lipinski definition) is 1. The van der Waals surface area contributed by atoms with Crippen LogP contribution in [0.25, 0.3) is 0 Å². The van der Waals surface area contributed by atoms with Gasteiger partial charge in [-0.1, -0.05) is 6.07 Å². The van der Waals surface area contributed by atoms with E-state index < -0.39 is 10.0 Å². The topological polar surface area (TPSA) is 59.1 Å². The third kappa shape index (κ3) is 3.45. The Labute approximate surface area is 129 Å². The number of hydrogen-bond acceptors (Lipinski definition) is 4. The Morgan fingerprint density at radius 3 is 3.00 bits per heavy atom. The van der Waals surface area contributed by atoms with Crippen LogP contribution in [0, 0.1) is 0 Å². The number of fused-ring (bicyclic) bond motifs is 1. The minimum absolute atomic E-state index is 0.252. The normalized spacial score (nSPS) is 14.7. The van der Waals surface area contributed by atoms with Gasteiger partial charge in [0.1, 0.15) is 0 Å². The van der Waals surface area contributed by atoms with Crippen LogP contribution in [-0.4, -0.2) is 19.2 Å². The second-order valence-corrected chi connectivity index (χ2v) is 7.81. The number of benzene rings is 1. The summed E-state index contributed by atoms with van der Waals surface area (Å²) in [4.78, 5) is 5.52. The maximum absolute atomic E-state index is 12.4. The van der Waals surface area contributed by atoms with Crippen LogP contribution in [-0.2, 0) is 23.0 Å². The molecule has 0 saturated heterocycles. The van der Waals surface area contributed by atoms with Gasteiger partial charge in [-0.05, 0) is 54.0 Å². The lowest BCUT2D eigenvalue weighted by molar-refractivity contribution is 0.581. The van der Waals surface area contributed by atoms with E-state index in [1.165, 1.54) is 4.90 Å². The second kappa shape index (κ2) is 6.17. The van der Waals surface area contributed by atoms with E-state index in [1.807, 2.05) is 12.1 Å². The van der Waals surface area contributed by atoms with Gasteiger partial charge in [0, 0.05) is 23.8 Å². The molecule has 0 amide bonds. The van der Waals surface area contributed by atoms with Crippen molar-refractivity contribution in [1.29, 1.82) is 0 Å². The van der Waals surface area contributed by atoms with Gasteiger partial charge in [0.05, 0.1) is 4.90 Å². The van der Waals surface area contributed by atoms with Crippen LogP contribution >= 0.6 is 11.8 Å². The number of sulfonamides is 1. The summed E-state index contributed by atoms with van der Waals surface area (Å²) < 4.78 is 27.3. The summed E-state index contributed by atoms with van der Waals surface area (Å²) in [6.07, 6.45) is 5.38. The van der Waals surface area contributed by atoms with Gasteiger partial charge in [0.25, 0.3) is 0 Å². The summed E-state index contributed by atoms with van der Waals surface area (Å²) in [5.74, 6) is 1.11. The van der Waals surface area contributed by atoms with Crippen molar-refractivity contribution in [2.45, 2.75) is 29.2 Å². The minimum atomic E-state index is -3.48. The molecule has 2 heterocycles. The van der Waals surface area contributed by atoms with Gasteiger partial charge < -0.3 is 0 Å². The lowest BCUT2D eigenvalue weighted by Gasteiger charge is -2.16. The lowest BCUT2D eigenvalue weighted by atomic mass is 10.1. The summed E-state index contributed by atoms with van der Waals surface area (Å²) in [6.45, 7) is 0.252. The molecular weight excluding hydrogens is 304 g/mol. The zero-order valence-electron chi connectivity index (χ0n) is 11.5. The maximum Gasteiger partial charge on any atom is 0.240 e. The molecule has 110 valence electrons. The van der Waals surface area contributed by atoms with Crippen LogP contribution in [0.5, 0.6) is 0 Å². The Morgan fingerprint density at radius 2 is 2.19 bits per heavy atom. The van der Waals surface area contributed by atoms with E-state index in [9.17, 15) is 8.42 Å². The molecule has 0 bridgehead atoms. The predicted octanol–water partition coefficient (Wildman–Crippen LogP) is 2.60. The largest absolute Gasteiger partial charge is 0.264 e. The summed E-state index contributed by atoms with van der Waals surface area (Å²) >= 11 is 1.79. The van der Waals surface area contributed by atoms with Crippen molar-refractivity contribution in [1.82, 2.24) is 9.71 Å². The van der Waals surface area contributed by atoms with Crippen molar-refractivity contribution in [3.05, 3.63) is 53.9 Å². The smallest absolute Gasteiger partial charge is 0.240 e. The molecule has 6 heteroatoms. The summed E-state index contributed by atoms with van der Waals surface area (Å²) in [5.41, 5.74) is 1.98. The lowest BCUT2D eigenvalue weighted by Crippen LogP contribution is -2.23. The fourth-order valence-corrected chi connectivity index (χ4v) is 4.36. The van der Waals surface area contributed by atoms with Crippen LogP contribution in [0.1, 0.15) is 17.5 Å². The molecule has 1 N–H and O–H groups in total. The first-order valence-electron chi connectivity index (χ1n) is 6.79. The molecule has 0 atom stereocenters. The highest BCUT2D eigenvalue weighted by atomic mass is 32.2. The fourth-order valence-electron chi connectivity index (χ4n) is 2.27. The highest BCUT2D eigenvalue weighted by molar-refractivity contribution is 7.99. The van der Waals surface area contributed by atoms with E-state index in [4.69, 9.17) is 0 Å². The van der Waals surface area contributed by atoms with E-state index >= 15 is 0 Å². The number of rotatable bonds is 4. The average molecular weight is 320 g/mol. The number of aromatic nitrogens is 1. The third-order valence-corrected chi connectivity index (χ3v) is 5.98. The van der Waals surface area contributed by atoms with E-state index in [-0.39, 0.29) is 6.54 Å². The van der Waals surface area contributed by atoms with Gasteiger partial charge in [-0.2, -0.15) is 0 Å². The van der Waals surface area contributed by atoms with Crippen LogP contribution in [0.3, 0.4) is 0 Å². The standard InChI is InChI=1S/C15H16N2O2S2/c18-21(19,17-11-12-3-1-7-16-10-12)14-5-6-15-13(9-14)4-2-8-20-15/h1,3,5-7,9-10,17H,2,4,8,11H2. The van der Waals surface area contributed by atoms with Crippen LogP contribution in [0.15, 0.2) is 52.5 Å². The molecule has 0 saturated carbocycles. The van der Waals surface area contributed by atoms with Crippen molar-refractivity contribution in [2.24, 2.45) is 0 Å². The Bertz CT molecular complexity index is 731. The molecule has 4 nitrogen and oxygen atoms in total. The molecule has 1 aromatic heterocycles. The maximum atomic E-state index is 12.4. The minimum Gasteiger partial charge on any atom is -0.264 e. The molecule has 21 heavy (non-hydrogen) atoms. The molecule has 0 aliphatic carbocycles. The van der Waals surface area contributed by atoms with Crippen molar-refractivity contribution in [3.8, 4) is 0 Å². The molecule has 2 aromatic rings. The van der Waals surface area contributed by atoms with E-state index in [1.54, 1.807) is 42.4 Å². The molecule has 1 aliphatic rings. The number of nitrogens with one attached hydrogen (secondary N) is 1. The van der Waals surface area contributed by atoms with Gasteiger partial charge in [-0.25, -0.2) is 13.1 Å². The SMILES string of the molecule is O=S(=O)(NCc1cccnc1)c1ccc2c(c1)CCCS2. The molecule has 0 radical (unpaired) electrons. The molecule has 0 fully saturated rings. The molecule has 0 spiro atoms. The highest BCUT2D eigenvalue weighted by Crippen LogP contribution is 2.31. The van der Waals surface area contributed by atoms with E-state index in [0.717, 1.165) is 29.7 Å². The van der Waals surface area contributed by atoms with Gasteiger partial charge in [0.2, 0.25) is 10.0 Å². The van der Waals surface area contributed by atoms with E-state index in [2.05, 4.69) is 9.71 Å².